The molecule has 1 amide bonds. The van der Waals surface area contributed by atoms with Crippen molar-refractivity contribution in [3.63, 3.8) is 0 Å². The molecule has 3 nitrogen and oxygen atoms in total. The molecule has 108 valence electrons. The van der Waals surface area contributed by atoms with Gasteiger partial charge in [-0.1, -0.05) is 30.3 Å². The van der Waals surface area contributed by atoms with Crippen LogP contribution >= 0.6 is 0 Å². The number of rotatable bonds is 3. The van der Waals surface area contributed by atoms with E-state index in [2.05, 4.69) is 35.6 Å². The molecule has 1 saturated carbocycles. The van der Waals surface area contributed by atoms with Crippen molar-refractivity contribution in [2.45, 2.75) is 37.8 Å². The van der Waals surface area contributed by atoms with Crippen molar-refractivity contribution in [1.29, 1.82) is 0 Å². The van der Waals surface area contributed by atoms with Gasteiger partial charge in [0.25, 0.3) is 0 Å². The number of carbonyl (C=O) groups is 1. The van der Waals surface area contributed by atoms with Gasteiger partial charge >= 0.3 is 0 Å². The van der Waals surface area contributed by atoms with Crippen LogP contribution in [0, 0.1) is 0 Å². The Morgan fingerprint density at radius 2 is 1.81 bits per heavy atom. The maximum Gasteiger partial charge on any atom is 0.244 e. The molecule has 0 spiro atoms. The molecule has 1 unspecified atom stereocenters. The van der Waals surface area contributed by atoms with Crippen LogP contribution in [0.1, 0.15) is 25.7 Å². The summed E-state index contributed by atoms with van der Waals surface area (Å²) in [6.07, 6.45) is 4.49. The minimum absolute atomic E-state index is 0.0118. The summed E-state index contributed by atoms with van der Waals surface area (Å²) in [4.78, 5) is 14.6. The van der Waals surface area contributed by atoms with Gasteiger partial charge in [0, 0.05) is 18.3 Å². The quantitative estimate of drug-likeness (QED) is 0.937. The van der Waals surface area contributed by atoms with Crippen LogP contribution in [-0.4, -0.2) is 24.5 Å². The Bertz CT molecular complexity index is 678. The molecule has 1 aliphatic heterocycles. The summed E-state index contributed by atoms with van der Waals surface area (Å²) in [5.74, 6) is 0.239. The molecule has 1 N–H and O–H groups in total. The largest absolute Gasteiger partial charge is 0.311 e. The summed E-state index contributed by atoms with van der Waals surface area (Å²) in [6.45, 7) is 0.833. The highest BCUT2D eigenvalue weighted by Crippen LogP contribution is 2.27. The molecule has 0 radical (unpaired) electrons. The fraction of sp³-hybridized carbons (Fsp3) is 0.389. The number of anilines is 1. The minimum Gasteiger partial charge on any atom is -0.311 e. The maximum atomic E-state index is 12.7. The molecule has 0 bridgehead atoms. The molecule has 1 atom stereocenters. The molecule has 3 heteroatoms. The van der Waals surface area contributed by atoms with Gasteiger partial charge in [0.15, 0.2) is 0 Å². The highest BCUT2D eigenvalue weighted by atomic mass is 16.2. The summed E-state index contributed by atoms with van der Waals surface area (Å²) >= 11 is 0. The SMILES string of the molecule is O=C1C(NC2CC2)CCCN1c1ccc2ccccc2c1. The first-order chi connectivity index (χ1) is 10.3. The van der Waals surface area contributed by atoms with Crippen LogP contribution in [0.3, 0.4) is 0 Å². The zero-order valence-corrected chi connectivity index (χ0v) is 12.1. The van der Waals surface area contributed by atoms with Crippen LogP contribution < -0.4 is 10.2 Å². The number of piperidine rings is 1. The monoisotopic (exact) mass is 280 g/mol. The van der Waals surface area contributed by atoms with E-state index in [4.69, 9.17) is 0 Å². The van der Waals surface area contributed by atoms with Crippen molar-refractivity contribution >= 4 is 22.4 Å². The number of nitrogens with one attached hydrogen (secondary N) is 1. The number of amides is 1. The number of carbonyl (C=O) groups excluding carboxylic acids is 1. The predicted octanol–water partition coefficient (Wildman–Crippen LogP) is 3.09. The lowest BCUT2D eigenvalue weighted by Gasteiger charge is -2.33. The Labute approximate surface area is 124 Å². The molecule has 2 aromatic rings. The lowest BCUT2D eigenvalue weighted by atomic mass is 10.0. The molecule has 1 heterocycles. The average molecular weight is 280 g/mol. The number of nitrogens with zero attached hydrogens (tertiary/aromatic N) is 1. The van der Waals surface area contributed by atoms with Crippen molar-refractivity contribution in [3.05, 3.63) is 42.5 Å². The van der Waals surface area contributed by atoms with Crippen LogP contribution in [0.2, 0.25) is 0 Å². The van der Waals surface area contributed by atoms with Gasteiger partial charge in [-0.3, -0.25) is 4.79 Å². The molecule has 21 heavy (non-hydrogen) atoms. The van der Waals surface area contributed by atoms with E-state index in [0.717, 1.165) is 25.1 Å². The van der Waals surface area contributed by atoms with E-state index in [0.29, 0.717) is 6.04 Å². The number of hydrogen-bond donors (Lipinski definition) is 1. The molecule has 1 aliphatic carbocycles. The molecular weight excluding hydrogens is 260 g/mol. The van der Waals surface area contributed by atoms with Crippen LogP contribution in [0.25, 0.3) is 10.8 Å². The van der Waals surface area contributed by atoms with Crippen LogP contribution in [0.4, 0.5) is 5.69 Å². The van der Waals surface area contributed by atoms with Gasteiger partial charge in [0.05, 0.1) is 6.04 Å². The normalized spacial score (nSPS) is 22.8. The lowest BCUT2D eigenvalue weighted by molar-refractivity contribution is -0.121. The second-order valence-electron chi connectivity index (χ2n) is 6.16. The second-order valence-corrected chi connectivity index (χ2v) is 6.16. The molecule has 2 fully saturated rings. The van der Waals surface area contributed by atoms with E-state index in [1.807, 2.05) is 17.0 Å². The van der Waals surface area contributed by atoms with Gasteiger partial charge in [-0.25, -0.2) is 0 Å². The Kier molecular flexibility index (Phi) is 3.15. The lowest BCUT2D eigenvalue weighted by Crippen LogP contribution is -2.51. The first-order valence-electron chi connectivity index (χ1n) is 7.87. The van der Waals surface area contributed by atoms with E-state index in [9.17, 15) is 4.79 Å². The number of fused-ring (bicyclic) bond motifs is 1. The van der Waals surface area contributed by atoms with Gasteiger partial charge in [-0.05, 0) is 48.6 Å². The summed E-state index contributed by atoms with van der Waals surface area (Å²) in [5.41, 5.74) is 1.03. The van der Waals surface area contributed by atoms with E-state index in [1.165, 1.54) is 23.6 Å². The topological polar surface area (TPSA) is 32.3 Å². The Morgan fingerprint density at radius 1 is 1.00 bits per heavy atom. The van der Waals surface area contributed by atoms with Gasteiger partial charge < -0.3 is 10.2 Å². The smallest absolute Gasteiger partial charge is 0.244 e. The third-order valence-electron chi connectivity index (χ3n) is 4.50. The van der Waals surface area contributed by atoms with Gasteiger partial charge in [-0.2, -0.15) is 0 Å². The van der Waals surface area contributed by atoms with E-state index >= 15 is 0 Å². The fourth-order valence-corrected chi connectivity index (χ4v) is 3.17. The van der Waals surface area contributed by atoms with Crippen molar-refractivity contribution in [1.82, 2.24) is 5.32 Å². The van der Waals surface area contributed by atoms with Crippen LogP contribution in [0.15, 0.2) is 42.5 Å². The van der Waals surface area contributed by atoms with Crippen molar-refractivity contribution in [2.24, 2.45) is 0 Å². The molecule has 1 saturated heterocycles. The van der Waals surface area contributed by atoms with Gasteiger partial charge in [0.2, 0.25) is 5.91 Å². The van der Waals surface area contributed by atoms with Gasteiger partial charge in [0.1, 0.15) is 0 Å². The number of benzene rings is 2. The minimum atomic E-state index is 0.0118. The number of hydrogen-bond acceptors (Lipinski definition) is 2. The maximum absolute atomic E-state index is 12.7. The summed E-state index contributed by atoms with van der Waals surface area (Å²) in [7, 11) is 0. The van der Waals surface area contributed by atoms with Crippen molar-refractivity contribution < 1.29 is 4.79 Å². The van der Waals surface area contributed by atoms with E-state index < -0.39 is 0 Å². The van der Waals surface area contributed by atoms with Crippen LogP contribution in [0.5, 0.6) is 0 Å². The highest BCUT2D eigenvalue weighted by molar-refractivity contribution is 6.00. The standard InChI is InChI=1S/C18H20N2O/c21-18-17(19-15-8-9-15)6-3-11-20(18)16-10-7-13-4-1-2-5-14(13)12-16/h1-2,4-5,7,10,12,15,17,19H,3,6,8-9,11H2. The molecule has 2 aromatic carbocycles. The van der Waals surface area contributed by atoms with E-state index in [-0.39, 0.29) is 11.9 Å². The zero-order valence-electron chi connectivity index (χ0n) is 12.1. The Morgan fingerprint density at radius 3 is 2.62 bits per heavy atom. The highest BCUT2D eigenvalue weighted by Gasteiger charge is 2.33. The van der Waals surface area contributed by atoms with E-state index in [1.54, 1.807) is 0 Å². The third kappa shape index (κ3) is 2.54. The molecule has 2 aliphatic rings. The Balaban J connectivity index is 1.61. The first kappa shape index (κ1) is 12.8. The second kappa shape index (κ2) is 5.15. The van der Waals surface area contributed by atoms with Crippen molar-refractivity contribution in [2.75, 3.05) is 11.4 Å². The summed E-state index contributed by atoms with van der Waals surface area (Å²) in [6, 6.07) is 15.2. The third-order valence-corrected chi connectivity index (χ3v) is 4.50. The zero-order chi connectivity index (χ0) is 14.2. The first-order valence-corrected chi connectivity index (χ1v) is 7.87. The predicted molar refractivity (Wildman–Crippen MR) is 85.5 cm³/mol. The summed E-state index contributed by atoms with van der Waals surface area (Å²) in [5, 5.41) is 5.90. The summed E-state index contributed by atoms with van der Waals surface area (Å²) < 4.78 is 0. The molecule has 4 rings (SSSR count). The fourth-order valence-electron chi connectivity index (χ4n) is 3.17. The Hall–Kier alpha value is -1.87. The molecular formula is C18H20N2O. The van der Waals surface area contributed by atoms with Gasteiger partial charge in [-0.15, -0.1) is 0 Å². The molecule has 0 aromatic heterocycles. The average Bonchev–Trinajstić information content (AvgIpc) is 3.33. The van der Waals surface area contributed by atoms with Crippen molar-refractivity contribution in [3.8, 4) is 0 Å². The van der Waals surface area contributed by atoms with Crippen LogP contribution in [-0.2, 0) is 4.79 Å².